The summed E-state index contributed by atoms with van der Waals surface area (Å²) in [5, 5.41) is 3.31. The number of cyclic esters (lactones) is 1. The van der Waals surface area contributed by atoms with Crippen LogP contribution in [0.2, 0.25) is 5.02 Å². The molecule has 1 atom stereocenters. The smallest absolute Gasteiger partial charge is 0.340 e. The summed E-state index contributed by atoms with van der Waals surface area (Å²) in [7, 11) is 4.12. The van der Waals surface area contributed by atoms with Crippen LogP contribution in [0, 0.1) is 0 Å². The molecule has 3 aromatic carbocycles. The Morgan fingerprint density at radius 2 is 1.66 bits per heavy atom. The Morgan fingerprint density at radius 1 is 0.971 bits per heavy atom. The summed E-state index contributed by atoms with van der Waals surface area (Å²) in [4.78, 5) is 38.0. The van der Waals surface area contributed by atoms with E-state index in [2.05, 4.69) is 5.32 Å². The van der Waals surface area contributed by atoms with Crippen molar-refractivity contribution >= 4 is 35.1 Å². The third-order valence-corrected chi connectivity index (χ3v) is 5.91. The molecule has 8 nitrogen and oxygen atoms in total. The van der Waals surface area contributed by atoms with Crippen molar-refractivity contribution in [3.8, 4) is 11.5 Å². The lowest BCUT2D eigenvalue weighted by atomic mass is 9.93. The number of amides is 1. The molecule has 0 radical (unpaired) electrons. The van der Waals surface area contributed by atoms with E-state index in [1.165, 1.54) is 39.5 Å². The van der Waals surface area contributed by atoms with Crippen molar-refractivity contribution in [3.63, 3.8) is 0 Å². The van der Waals surface area contributed by atoms with Crippen LogP contribution in [0.3, 0.4) is 0 Å². The number of anilines is 1. The Bertz CT molecular complexity index is 1300. The van der Waals surface area contributed by atoms with Crippen LogP contribution >= 0.6 is 11.6 Å². The number of methoxy groups -OCH3 is 3. The summed E-state index contributed by atoms with van der Waals surface area (Å²) in [6.07, 6.45) is -0.101. The average molecular weight is 496 g/mol. The summed E-state index contributed by atoms with van der Waals surface area (Å²) in [6.45, 7) is 0. The molecule has 180 valence electrons. The Balaban J connectivity index is 1.63. The first-order valence-electron chi connectivity index (χ1n) is 10.6. The van der Waals surface area contributed by atoms with Crippen molar-refractivity contribution in [1.29, 1.82) is 0 Å². The van der Waals surface area contributed by atoms with E-state index in [0.29, 0.717) is 39.6 Å². The number of carbonyl (C=O) groups is 3. The lowest BCUT2D eigenvalue weighted by Crippen LogP contribution is -2.23. The molecule has 1 aliphatic heterocycles. The van der Waals surface area contributed by atoms with E-state index in [9.17, 15) is 14.4 Å². The van der Waals surface area contributed by atoms with Crippen LogP contribution in [0.5, 0.6) is 11.5 Å². The van der Waals surface area contributed by atoms with Crippen molar-refractivity contribution in [3.05, 3.63) is 87.4 Å². The fourth-order valence-electron chi connectivity index (χ4n) is 3.86. The second kappa shape index (κ2) is 10.1. The minimum Gasteiger partial charge on any atom is -0.493 e. The van der Waals surface area contributed by atoms with Crippen LogP contribution in [0.4, 0.5) is 5.69 Å². The molecule has 4 rings (SSSR count). The molecule has 0 saturated heterocycles. The third kappa shape index (κ3) is 4.93. The summed E-state index contributed by atoms with van der Waals surface area (Å²) in [6, 6.07) is 14.7. The Hall–Kier alpha value is -4.04. The predicted molar refractivity (Wildman–Crippen MR) is 129 cm³/mol. The minimum atomic E-state index is -0.653. The van der Waals surface area contributed by atoms with Gasteiger partial charge in [-0.3, -0.25) is 4.79 Å². The second-order valence-corrected chi connectivity index (χ2v) is 8.16. The second-order valence-electron chi connectivity index (χ2n) is 7.72. The molecule has 0 aromatic heterocycles. The maximum atomic E-state index is 13.1. The lowest BCUT2D eigenvalue weighted by molar-refractivity contribution is 0.0252. The SMILES string of the molecule is COC(=O)c1cc(OC)c(OC)cc1NC(=O)c1ccc2c(c1)C[C@@H](c1ccc(Cl)cc1)OC2=O. The van der Waals surface area contributed by atoms with Crippen LogP contribution in [0.15, 0.2) is 54.6 Å². The summed E-state index contributed by atoms with van der Waals surface area (Å²) in [5.41, 5.74) is 2.47. The van der Waals surface area contributed by atoms with Crippen LogP contribution in [-0.4, -0.2) is 39.2 Å². The number of rotatable bonds is 6. The molecule has 0 aliphatic carbocycles. The van der Waals surface area contributed by atoms with E-state index in [4.69, 9.17) is 30.5 Å². The van der Waals surface area contributed by atoms with Crippen molar-refractivity contribution < 1.29 is 33.3 Å². The molecule has 3 aromatic rings. The average Bonchev–Trinajstić information content (AvgIpc) is 2.87. The highest BCUT2D eigenvalue weighted by atomic mass is 35.5. The van der Waals surface area contributed by atoms with E-state index in [1.54, 1.807) is 36.4 Å². The molecule has 0 unspecified atom stereocenters. The fourth-order valence-corrected chi connectivity index (χ4v) is 3.98. The Morgan fingerprint density at radius 3 is 2.31 bits per heavy atom. The van der Waals surface area contributed by atoms with Gasteiger partial charge >= 0.3 is 11.9 Å². The van der Waals surface area contributed by atoms with Gasteiger partial charge in [-0.15, -0.1) is 0 Å². The summed E-state index contributed by atoms with van der Waals surface area (Å²) in [5.74, 6) is -0.959. The molecule has 0 spiro atoms. The van der Waals surface area contributed by atoms with Crippen molar-refractivity contribution in [1.82, 2.24) is 0 Å². The van der Waals surface area contributed by atoms with Gasteiger partial charge in [0.05, 0.1) is 38.1 Å². The highest BCUT2D eigenvalue weighted by Gasteiger charge is 2.28. The molecule has 9 heteroatoms. The molecule has 1 amide bonds. The van der Waals surface area contributed by atoms with Gasteiger partial charge in [0, 0.05) is 29.1 Å². The van der Waals surface area contributed by atoms with Gasteiger partial charge in [0.1, 0.15) is 6.10 Å². The van der Waals surface area contributed by atoms with E-state index in [1.807, 2.05) is 0 Å². The van der Waals surface area contributed by atoms with Gasteiger partial charge in [0.15, 0.2) is 11.5 Å². The molecule has 0 fully saturated rings. The van der Waals surface area contributed by atoms with Crippen LogP contribution in [-0.2, 0) is 15.9 Å². The zero-order valence-electron chi connectivity index (χ0n) is 19.2. The van der Waals surface area contributed by atoms with Gasteiger partial charge in [-0.25, -0.2) is 9.59 Å². The quantitative estimate of drug-likeness (QED) is 0.488. The van der Waals surface area contributed by atoms with E-state index < -0.39 is 23.9 Å². The third-order valence-electron chi connectivity index (χ3n) is 5.66. The van der Waals surface area contributed by atoms with Crippen molar-refractivity contribution in [2.24, 2.45) is 0 Å². The van der Waals surface area contributed by atoms with E-state index >= 15 is 0 Å². The number of benzene rings is 3. The normalized spacial score (nSPS) is 14.4. The monoisotopic (exact) mass is 495 g/mol. The van der Waals surface area contributed by atoms with Gasteiger partial charge < -0.3 is 24.3 Å². The van der Waals surface area contributed by atoms with Crippen molar-refractivity contribution in [2.45, 2.75) is 12.5 Å². The number of ether oxygens (including phenoxy) is 4. The van der Waals surface area contributed by atoms with Crippen LogP contribution in [0.1, 0.15) is 48.3 Å². The standard InChI is InChI=1S/C26H22ClNO7/c1-32-22-12-19(25(30)34-3)20(13-23(22)33-2)28-24(29)15-6-9-18-16(10-15)11-21(35-26(18)31)14-4-7-17(27)8-5-14/h4-10,12-13,21H,11H2,1-3H3,(H,28,29)/t21-/m0/s1. The molecule has 0 bridgehead atoms. The molecular formula is C26H22ClNO7. The predicted octanol–water partition coefficient (Wildman–Crippen LogP) is 4.85. The largest absolute Gasteiger partial charge is 0.493 e. The van der Waals surface area contributed by atoms with Crippen LogP contribution < -0.4 is 14.8 Å². The number of hydrogen-bond donors (Lipinski definition) is 1. The fraction of sp³-hybridized carbons (Fsp3) is 0.192. The number of fused-ring (bicyclic) bond motifs is 1. The van der Waals surface area contributed by atoms with Gasteiger partial charge in [0.2, 0.25) is 0 Å². The van der Waals surface area contributed by atoms with Gasteiger partial charge in [0.25, 0.3) is 5.91 Å². The first-order valence-corrected chi connectivity index (χ1v) is 11.0. The zero-order chi connectivity index (χ0) is 25.1. The highest BCUT2D eigenvalue weighted by molar-refractivity contribution is 6.30. The lowest BCUT2D eigenvalue weighted by Gasteiger charge is -2.25. The first-order chi connectivity index (χ1) is 16.8. The summed E-state index contributed by atoms with van der Waals surface area (Å²) >= 11 is 5.96. The first kappa shape index (κ1) is 24.1. The molecule has 1 N–H and O–H groups in total. The number of nitrogens with one attached hydrogen (secondary N) is 1. The summed E-state index contributed by atoms with van der Waals surface area (Å²) < 4.78 is 21.0. The number of hydrogen-bond acceptors (Lipinski definition) is 7. The molecule has 35 heavy (non-hydrogen) atoms. The molecule has 0 saturated carbocycles. The van der Waals surface area contributed by atoms with E-state index in [-0.39, 0.29) is 11.3 Å². The molecular weight excluding hydrogens is 474 g/mol. The minimum absolute atomic E-state index is 0.0999. The zero-order valence-corrected chi connectivity index (χ0v) is 20.0. The van der Waals surface area contributed by atoms with Crippen LogP contribution in [0.25, 0.3) is 0 Å². The van der Waals surface area contributed by atoms with Gasteiger partial charge in [-0.1, -0.05) is 23.7 Å². The van der Waals surface area contributed by atoms with Gasteiger partial charge in [-0.2, -0.15) is 0 Å². The Labute approximate surface area is 206 Å². The van der Waals surface area contributed by atoms with Crippen molar-refractivity contribution in [2.75, 3.05) is 26.6 Å². The number of halogens is 1. The number of carbonyl (C=O) groups excluding carboxylic acids is 3. The number of esters is 2. The van der Waals surface area contributed by atoms with E-state index in [0.717, 1.165) is 5.56 Å². The maximum absolute atomic E-state index is 13.1. The molecule has 1 heterocycles. The highest BCUT2D eigenvalue weighted by Crippen LogP contribution is 2.35. The maximum Gasteiger partial charge on any atom is 0.340 e. The molecule has 1 aliphatic rings. The topological polar surface area (TPSA) is 100 Å². The Kier molecular flexibility index (Phi) is 6.93. The van der Waals surface area contributed by atoms with Gasteiger partial charge in [-0.05, 0) is 41.5 Å².